The number of Topliss-reactive ketones (excluding diaryl/α,β-unsaturated/α-hetero) is 1. The highest BCUT2D eigenvalue weighted by atomic mass is 16.1. The maximum atomic E-state index is 11.8. The molecule has 1 heterocycles. The van der Waals surface area contributed by atoms with Crippen molar-refractivity contribution in [3.05, 3.63) is 41.6 Å². The topological polar surface area (TPSA) is 30.0 Å². The SMILES string of the molecule is CCC(=O)c1ccc2cccc(C(C)(C)C)c2n1. The molecular formula is C16H19NO. The lowest BCUT2D eigenvalue weighted by Crippen LogP contribution is -2.13. The summed E-state index contributed by atoms with van der Waals surface area (Å²) in [5.74, 6) is 0.0978. The van der Waals surface area contributed by atoms with Gasteiger partial charge in [-0.2, -0.15) is 0 Å². The molecule has 0 radical (unpaired) electrons. The molecule has 2 nitrogen and oxygen atoms in total. The van der Waals surface area contributed by atoms with Gasteiger partial charge in [0.15, 0.2) is 5.78 Å². The van der Waals surface area contributed by atoms with E-state index >= 15 is 0 Å². The summed E-state index contributed by atoms with van der Waals surface area (Å²) in [5.41, 5.74) is 2.73. The molecule has 0 saturated carbocycles. The molecule has 0 bridgehead atoms. The van der Waals surface area contributed by atoms with Crippen molar-refractivity contribution < 1.29 is 4.79 Å². The number of hydrogen-bond acceptors (Lipinski definition) is 2. The third-order valence-corrected chi connectivity index (χ3v) is 3.14. The van der Waals surface area contributed by atoms with Gasteiger partial charge in [0, 0.05) is 11.8 Å². The van der Waals surface area contributed by atoms with Gasteiger partial charge in [-0.05, 0) is 17.0 Å². The van der Waals surface area contributed by atoms with Crippen molar-refractivity contribution in [2.24, 2.45) is 0 Å². The van der Waals surface area contributed by atoms with Crippen molar-refractivity contribution in [3.8, 4) is 0 Å². The van der Waals surface area contributed by atoms with E-state index in [1.807, 2.05) is 31.2 Å². The number of para-hydroxylation sites is 1. The van der Waals surface area contributed by atoms with E-state index in [9.17, 15) is 4.79 Å². The fourth-order valence-electron chi connectivity index (χ4n) is 2.09. The smallest absolute Gasteiger partial charge is 0.180 e. The van der Waals surface area contributed by atoms with E-state index in [0.29, 0.717) is 12.1 Å². The molecule has 94 valence electrons. The van der Waals surface area contributed by atoms with Crippen LogP contribution >= 0.6 is 0 Å². The first-order valence-electron chi connectivity index (χ1n) is 6.37. The Labute approximate surface area is 108 Å². The summed E-state index contributed by atoms with van der Waals surface area (Å²) >= 11 is 0. The van der Waals surface area contributed by atoms with E-state index < -0.39 is 0 Å². The number of ketones is 1. The second kappa shape index (κ2) is 4.52. The Bertz CT molecular complexity index is 594. The lowest BCUT2D eigenvalue weighted by molar-refractivity contribution is 0.0983. The number of nitrogens with zero attached hydrogens (tertiary/aromatic N) is 1. The molecule has 1 aromatic heterocycles. The van der Waals surface area contributed by atoms with E-state index in [0.717, 1.165) is 10.9 Å². The second-order valence-corrected chi connectivity index (χ2v) is 5.60. The quantitative estimate of drug-likeness (QED) is 0.740. The number of rotatable bonds is 2. The highest BCUT2D eigenvalue weighted by molar-refractivity contribution is 5.96. The van der Waals surface area contributed by atoms with Gasteiger partial charge in [-0.3, -0.25) is 4.79 Å². The first kappa shape index (κ1) is 12.7. The zero-order valence-electron chi connectivity index (χ0n) is 11.4. The van der Waals surface area contributed by atoms with Gasteiger partial charge in [-0.25, -0.2) is 4.98 Å². The van der Waals surface area contributed by atoms with E-state index in [1.54, 1.807) is 0 Å². The Balaban J connectivity index is 2.70. The van der Waals surface area contributed by atoms with Gasteiger partial charge in [0.2, 0.25) is 0 Å². The molecule has 1 aromatic carbocycles. The molecular weight excluding hydrogens is 222 g/mol. The monoisotopic (exact) mass is 241 g/mol. The summed E-state index contributed by atoms with van der Waals surface area (Å²) in [4.78, 5) is 16.3. The number of carbonyl (C=O) groups is 1. The molecule has 0 fully saturated rings. The lowest BCUT2D eigenvalue weighted by Gasteiger charge is -2.20. The molecule has 0 aliphatic heterocycles. The Kier molecular flexibility index (Phi) is 3.20. The van der Waals surface area contributed by atoms with E-state index in [-0.39, 0.29) is 11.2 Å². The van der Waals surface area contributed by atoms with Gasteiger partial charge in [-0.1, -0.05) is 52.0 Å². The number of fused-ring (bicyclic) bond motifs is 1. The van der Waals surface area contributed by atoms with Crippen molar-refractivity contribution in [2.75, 3.05) is 0 Å². The summed E-state index contributed by atoms with van der Waals surface area (Å²) in [6.07, 6.45) is 0.496. The number of benzene rings is 1. The van der Waals surface area contributed by atoms with Crippen LogP contribution in [0.5, 0.6) is 0 Å². The van der Waals surface area contributed by atoms with Crippen LogP contribution in [0.4, 0.5) is 0 Å². The van der Waals surface area contributed by atoms with Crippen molar-refractivity contribution >= 4 is 16.7 Å². The molecule has 0 aliphatic rings. The van der Waals surface area contributed by atoms with Crippen LogP contribution in [0.15, 0.2) is 30.3 Å². The molecule has 18 heavy (non-hydrogen) atoms. The van der Waals surface area contributed by atoms with Crippen molar-refractivity contribution in [2.45, 2.75) is 39.5 Å². The predicted octanol–water partition coefficient (Wildman–Crippen LogP) is 4.13. The maximum absolute atomic E-state index is 11.8. The molecule has 0 atom stereocenters. The normalized spacial score (nSPS) is 11.8. The number of pyridine rings is 1. The van der Waals surface area contributed by atoms with E-state index in [4.69, 9.17) is 0 Å². The third kappa shape index (κ3) is 2.28. The van der Waals surface area contributed by atoms with Gasteiger partial charge in [0.1, 0.15) is 5.69 Å². The molecule has 0 spiro atoms. The van der Waals surface area contributed by atoms with Crippen LogP contribution in [0.3, 0.4) is 0 Å². The average Bonchev–Trinajstić information content (AvgIpc) is 2.35. The molecule has 0 N–H and O–H groups in total. The first-order valence-corrected chi connectivity index (χ1v) is 6.37. The van der Waals surface area contributed by atoms with Crippen LogP contribution < -0.4 is 0 Å². The van der Waals surface area contributed by atoms with Crippen LogP contribution in [0.2, 0.25) is 0 Å². The summed E-state index contributed by atoms with van der Waals surface area (Å²) in [6, 6.07) is 9.99. The number of hydrogen-bond donors (Lipinski definition) is 0. The van der Waals surface area contributed by atoms with Gasteiger partial charge < -0.3 is 0 Å². The van der Waals surface area contributed by atoms with Crippen molar-refractivity contribution in [3.63, 3.8) is 0 Å². The zero-order chi connectivity index (χ0) is 13.3. The third-order valence-electron chi connectivity index (χ3n) is 3.14. The highest BCUT2D eigenvalue weighted by Gasteiger charge is 2.18. The maximum Gasteiger partial charge on any atom is 0.180 e. The largest absolute Gasteiger partial charge is 0.292 e. The fourth-order valence-corrected chi connectivity index (χ4v) is 2.09. The van der Waals surface area contributed by atoms with Crippen molar-refractivity contribution in [1.29, 1.82) is 0 Å². The molecule has 0 amide bonds. The summed E-state index contributed by atoms with van der Waals surface area (Å²) in [6.45, 7) is 8.36. The summed E-state index contributed by atoms with van der Waals surface area (Å²) in [5, 5.41) is 1.09. The summed E-state index contributed by atoms with van der Waals surface area (Å²) in [7, 11) is 0. The highest BCUT2D eigenvalue weighted by Crippen LogP contribution is 2.28. The van der Waals surface area contributed by atoms with E-state index in [1.165, 1.54) is 5.56 Å². The minimum atomic E-state index is 0.0282. The van der Waals surface area contributed by atoms with Gasteiger partial charge in [0.25, 0.3) is 0 Å². The number of carbonyl (C=O) groups excluding carboxylic acids is 1. The Morgan fingerprint density at radius 2 is 1.89 bits per heavy atom. The van der Waals surface area contributed by atoms with Crippen LogP contribution in [-0.2, 0) is 5.41 Å². The van der Waals surface area contributed by atoms with Gasteiger partial charge in [-0.15, -0.1) is 0 Å². The molecule has 0 aliphatic carbocycles. The molecule has 2 rings (SSSR count). The fraction of sp³-hybridized carbons (Fsp3) is 0.375. The molecule has 2 aromatic rings. The Morgan fingerprint density at radius 1 is 1.17 bits per heavy atom. The van der Waals surface area contributed by atoms with Crippen LogP contribution in [0.1, 0.15) is 50.2 Å². The Morgan fingerprint density at radius 3 is 2.50 bits per heavy atom. The van der Waals surface area contributed by atoms with Crippen molar-refractivity contribution in [1.82, 2.24) is 4.98 Å². The van der Waals surface area contributed by atoms with Crippen LogP contribution in [-0.4, -0.2) is 10.8 Å². The number of aromatic nitrogens is 1. The van der Waals surface area contributed by atoms with E-state index in [2.05, 4.69) is 31.8 Å². The first-order chi connectivity index (χ1) is 8.43. The summed E-state index contributed by atoms with van der Waals surface area (Å²) < 4.78 is 0. The zero-order valence-corrected chi connectivity index (χ0v) is 11.4. The molecule has 2 heteroatoms. The van der Waals surface area contributed by atoms with Crippen LogP contribution in [0, 0.1) is 0 Å². The minimum Gasteiger partial charge on any atom is -0.292 e. The predicted molar refractivity (Wildman–Crippen MR) is 75.1 cm³/mol. The lowest BCUT2D eigenvalue weighted by atomic mass is 9.85. The van der Waals surface area contributed by atoms with Crippen LogP contribution in [0.25, 0.3) is 10.9 Å². The average molecular weight is 241 g/mol. The standard InChI is InChI=1S/C16H19NO/c1-5-14(18)13-10-9-11-7-6-8-12(15(11)17-13)16(2,3)4/h6-10H,5H2,1-4H3. The molecule has 0 saturated heterocycles. The second-order valence-electron chi connectivity index (χ2n) is 5.60. The molecule has 0 unspecified atom stereocenters. The van der Waals surface area contributed by atoms with Gasteiger partial charge in [0.05, 0.1) is 5.52 Å². The van der Waals surface area contributed by atoms with Gasteiger partial charge >= 0.3 is 0 Å². The minimum absolute atomic E-state index is 0.0282. The Hall–Kier alpha value is -1.70.